The third-order valence-electron chi connectivity index (χ3n) is 2.08. The molecule has 5 heteroatoms. The molecule has 1 amide bonds. The smallest absolute Gasteiger partial charge is 0.242 e. The third kappa shape index (κ3) is 3.71. The number of carbonyl (C=O) groups is 1. The number of nitrogens with one attached hydrogen (secondary N) is 1. The molecular weight excluding hydrogens is 194 g/mol. The lowest BCUT2D eigenvalue weighted by molar-refractivity contribution is -0.117. The predicted octanol–water partition coefficient (Wildman–Crippen LogP) is 1.44. The molecule has 1 atom stereocenters. The number of amides is 1. The van der Waals surface area contributed by atoms with Gasteiger partial charge in [-0.1, -0.05) is 24.9 Å². The summed E-state index contributed by atoms with van der Waals surface area (Å²) in [4.78, 5) is 11.5. The molecule has 1 aromatic heterocycles. The average molecular weight is 211 g/mol. The maximum absolute atomic E-state index is 11.5. The van der Waals surface area contributed by atoms with Gasteiger partial charge in [0.25, 0.3) is 0 Å². The van der Waals surface area contributed by atoms with Crippen LogP contribution in [0.4, 0.5) is 5.82 Å². The molecule has 3 N–H and O–H groups in total. The summed E-state index contributed by atoms with van der Waals surface area (Å²) in [5.74, 6) is 0.869. The Hall–Kier alpha value is -1.36. The van der Waals surface area contributed by atoms with Gasteiger partial charge in [0.1, 0.15) is 5.76 Å². The van der Waals surface area contributed by atoms with E-state index in [1.807, 2.05) is 0 Å². The number of aromatic nitrogens is 1. The molecule has 0 aliphatic carbocycles. The molecule has 15 heavy (non-hydrogen) atoms. The Kier molecular flexibility index (Phi) is 4.30. The van der Waals surface area contributed by atoms with Crippen molar-refractivity contribution in [3.8, 4) is 0 Å². The largest absolute Gasteiger partial charge is 0.360 e. The van der Waals surface area contributed by atoms with Crippen molar-refractivity contribution in [2.45, 2.75) is 39.2 Å². The van der Waals surface area contributed by atoms with Gasteiger partial charge in [0, 0.05) is 6.07 Å². The molecule has 0 saturated heterocycles. The van der Waals surface area contributed by atoms with Crippen LogP contribution in [-0.2, 0) is 4.79 Å². The Labute approximate surface area is 89.0 Å². The number of anilines is 1. The number of nitrogens with zero attached hydrogens (tertiary/aromatic N) is 1. The van der Waals surface area contributed by atoms with Crippen LogP contribution in [0.3, 0.4) is 0 Å². The van der Waals surface area contributed by atoms with Crippen LogP contribution in [0.1, 0.15) is 31.9 Å². The van der Waals surface area contributed by atoms with Crippen molar-refractivity contribution >= 4 is 11.7 Å². The van der Waals surface area contributed by atoms with Crippen LogP contribution in [0, 0.1) is 6.92 Å². The van der Waals surface area contributed by atoms with Gasteiger partial charge in [-0.05, 0) is 13.3 Å². The van der Waals surface area contributed by atoms with Crippen LogP contribution in [0.2, 0.25) is 0 Å². The molecule has 0 aliphatic heterocycles. The van der Waals surface area contributed by atoms with Crippen LogP contribution in [0.15, 0.2) is 10.6 Å². The minimum absolute atomic E-state index is 0.211. The first-order chi connectivity index (χ1) is 7.13. The van der Waals surface area contributed by atoms with E-state index in [0.717, 1.165) is 12.8 Å². The first-order valence-electron chi connectivity index (χ1n) is 5.13. The molecule has 0 aliphatic rings. The number of carbonyl (C=O) groups excluding carboxylic acids is 1. The van der Waals surface area contributed by atoms with Gasteiger partial charge in [0.05, 0.1) is 6.04 Å². The van der Waals surface area contributed by atoms with Crippen molar-refractivity contribution in [1.29, 1.82) is 0 Å². The van der Waals surface area contributed by atoms with Gasteiger partial charge in [-0.25, -0.2) is 0 Å². The molecule has 1 aromatic rings. The highest BCUT2D eigenvalue weighted by Crippen LogP contribution is 2.08. The second-order valence-electron chi connectivity index (χ2n) is 3.56. The third-order valence-corrected chi connectivity index (χ3v) is 2.08. The summed E-state index contributed by atoms with van der Waals surface area (Å²) in [7, 11) is 0. The standard InChI is InChI=1S/C10H17N3O2/c1-3-4-5-8(11)10(14)12-9-6-7(2)15-13-9/h6,8H,3-5,11H2,1-2H3,(H,12,13,14). The summed E-state index contributed by atoms with van der Waals surface area (Å²) in [5.41, 5.74) is 5.69. The molecule has 1 heterocycles. The summed E-state index contributed by atoms with van der Waals surface area (Å²) in [6.07, 6.45) is 2.68. The number of hydrogen-bond acceptors (Lipinski definition) is 4. The van der Waals surface area contributed by atoms with Crippen molar-refractivity contribution in [3.05, 3.63) is 11.8 Å². The fraction of sp³-hybridized carbons (Fsp3) is 0.600. The molecule has 1 rings (SSSR count). The molecule has 0 saturated carbocycles. The lowest BCUT2D eigenvalue weighted by Crippen LogP contribution is -2.35. The van der Waals surface area contributed by atoms with E-state index in [4.69, 9.17) is 10.3 Å². The van der Waals surface area contributed by atoms with Crippen LogP contribution >= 0.6 is 0 Å². The molecular formula is C10H17N3O2. The zero-order chi connectivity index (χ0) is 11.3. The quantitative estimate of drug-likeness (QED) is 0.772. The summed E-state index contributed by atoms with van der Waals surface area (Å²) >= 11 is 0. The molecule has 1 unspecified atom stereocenters. The Bertz CT molecular complexity index is 322. The average Bonchev–Trinajstić information content (AvgIpc) is 2.60. The molecule has 84 valence electrons. The molecule has 0 aromatic carbocycles. The van der Waals surface area contributed by atoms with Crippen molar-refractivity contribution in [2.75, 3.05) is 5.32 Å². The van der Waals surface area contributed by atoms with Gasteiger partial charge in [-0.2, -0.15) is 0 Å². The van der Waals surface area contributed by atoms with Gasteiger partial charge < -0.3 is 15.6 Å². The zero-order valence-corrected chi connectivity index (χ0v) is 9.12. The molecule has 0 bridgehead atoms. The van der Waals surface area contributed by atoms with Gasteiger partial charge in [-0.15, -0.1) is 0 Å². The fourth-order valence-electron chi connectivity index (χ4n) is 1.20. The first kappa shape index (κ1) is 11.7. The van der Waals surface area contributed by atoms with Crippen LogP contribution in [0.5, 0.6) is 0 Å². The maximum Gasteiger partial charge on any atom is 0.242 e. The van der Waals surface area contributed by atoms with E-state index in [2.05, 4.69) is 17.4 Å². The van der Waals surface area contributed by atoms with Gasteiger partial charge in [-0.3, -0.25) is 4.79 Å². The topological polar surface area (TPSA) is 81.2 Å². The normalized spacial score (nSPS) is 12.5. The van der Waals surface area contributed by atoms with E-state index < -0.39 is 6.04 Å². The number of hydrogen-bond donors (Lipinski definition) is 2. The molecule has 0 radical (unpaired) electrons. The van der Waals surface area contributed by atoms with Gasteiger partial charge in [0.2, 0.25) is 5.91 Å². The molecule has 5 nitrogen and oxygen atoms in total. The summed E-state index contributed by atoms with van der Waals surface area (Å²) in [6, 6.07) is 1.19. The molecule has 0 spiro atoms. The highest BCUT2D eigenvalue weighted by molar-refractivity contribution is 5.93. The Morgan fingerprint density at radius 3 is 3.00 bits per heavy atom. The Morgan fingerprint density at radius 1 is 1.73 bits per heavy atom. The van der Waals surface area contributed by atoms with E-state index >= 15 is 0 Å². The SMILES string of the molecule is CCCCC(N)C(=O)Nc1cc(C)on1. The summed E-state index contributed by atoms with van der Waals surface area (Å²) in [5, 5.41) is 6.26. The highest BCUT2D eigenvalue weighted by Gasteiger charge is 2.14. The van der Waals surface area contributed by atoms with E-state index in [1.165, 1.54) is 0 Å². The predicted molar refractivity (Wildman–Crippen MR) is 57.4 cm³/mol. The van der Waals surface area contributed by atoms with Crippen molar-refractivity contribution in [2.24, 2.45) is 5.73 Å². The van der Waals surface area contributed by atoms with E-state index in [0.29, 0.717) is 18.0 Å². The lowest BCUT2D eigenvalue weighted by atomic mass is 10.1. The van der Waals surface area contributed by atoms with Crippen molar-refractivity contribution < 1.29 is 9.32 Å². The number of rotatable bonds is 5. The van der Waals surface area contributed by atoms with Crippen molar-refractivity contribution in [3.63, 3.8) is 0 Å². The van der Waals surface area contributed by atoms with E-state index in [-0.39, 0.29) is 5.91 Å². The monoisotopic (exact) mass is 211 g/mol. The Balaban J connectivity index is 2.41. The van der Waals surface area contributed by atoms with Gasteiger partial charge >= 0.3 is 0 Å². The fourth-order valence-corrected chi connectivity index (χ4v) is 1.20. The van der Waals surface area contributed by atoms with Crippen molar-refractivity contribution in [1.82, 2.24) is 5.16 Å². The van der Waals surface area contributed by atoms with E-state index in [9.17, 15) is 4.79 Å². The summed E-state index contributed by atoms with van der Waals surface area (Å²) < 4.78 is 4.82. The highest BCUT2D eigenvalue weighted by atomic mass is 16.5. The Morgan fingerprint density at radius 2 is 2.47 bits per heavy atom. The number of nitrogens with two attached hydrogens (primary N) is 1. The minimum atomic E-state index is -0.470. The first-order valence-corrected chi connectivity index (χ1v) is 5.13. The number of unbranched alkanes of at least 4 members (excludes halogenated alkanes) is 1. The summed E-state index contributed by atoms with van der Waals surface area (Å²) in [6.45, 7) is 3.82. The minimum Gasteiger partial charge on any atom is -0.360 e. The maximum atomic E-state index is 11.5. The van der Waals surface area contributed by atoms with Crippen LogP contribution < -0.4 is 11.1 Å². The van der Waals surface area contributed by atoms with Crippen LogP contribution in [0.25, 0.3) is 0 Å². The lowest BCUT2D eigenvalue weighted by Gasteiger charge is -2.09. The zero-order valence-electron chi connectivity index (χ0n) is 9.12. The number of aryl methyl sites for hydroxylation is 1. The van der Waals surface area contributed by atoms with Gasteiger partial charge in [0.15, 0.2) is 5.82 Å². The second-order valence-corrected chi connectivity index (χ2v) is 3.56. The van der Waals surface area contributed by atoms with Crippen LogP contribution in [-0.4, -0.2) is 17.1 Å². The van der Waals surface area contributed by atoms with E-state index in [1.54, 1.807) is 13.0 Å². The molecule has 0 fully saturated rings. The second kappa shape index (κ2) is 5.50.